The summed E-state index contributed by atoms with van der Waals surface area (Å²) in [6, 6.07) is 16.8. The smallest absolute Gasteiger partial charge is 0.277 e. The third-order valence-corrected chi connectivity index (χ3v) is 4.36. The summed E-state index contributed by atoms with van der Waals surface area (Å²) in [5.41, 5.74) is 2.34. The van der Waals surface area contributed by atoms with Crippen LogP contribution in [0.3, 0.4) is 0 Å². The molecular formula is C21H22N2O3. The third kappa shape index (κ3) is 3.20. The number of benzene rings is 2. The van der Waals surface area contributed by atoms with Crippen LogP contribution in [-0.4, -0.2) is 37.4 Å². The van der Waals surface area contributed by atoms with Crippen LogP contribution in [0, 0.1) is 0 Å². The fraction of sp³-hybridized carbons (Fsp3) is 0.238. The topological polar surface area (TPSA) is 49.9 Å². The Balaban J connectivity index is 2.03. The third-order valence-electron chi connectivity index (χ3n) is 4.36. The Morgan fingerprint density at radius 1 is 0.962 bits per heavy atom. The molecule has 5 heteroatoms. The van der Waals surface area contributed by atoms with Gasteiger partial charge in [0, 0.05) is 19.8 Å². The molecule has 0 unspecified atom stereocenters. The first-order valence-electron chi connectivity index (χ1n) is 8.63. The van der Waals surface area contributed by atoms with E-state index in [0.717, 1.165) is 22.8 Å². The number of nitrogens with zero attached hydrogens (tertiary/aromatic N) is 2. The summed E-state index contributed by atoms with van der Waals surface area (Å²) in [5, 5.41) is 0. The van der Waals surface area contributed by atoms with E-state index in [2.05, 4.69) is 0 Å². The maximum absolute atomic E-state index is 12.7. The molecule has 1 aliphatic heterocycles. The van der Waals surface area contributed by atoms with E-state index >= 15 is 0 Å². The van der Waals surface area contributed by atoms with Crippen LogP contribution >= 0.6 is 0 Å². The average Bonchev–Trinajstić information content (AvgIpc) is 2.91. The lowest BCUT2D eigenvalue weighted by molar-refractivity contribution is -0.135. The molecule has 2 aromatic carbocycles. The lowest BCUT2D eigenvalue weighted by atomic mass is 10.0. The Morgan fingerprint density at radius 3 is 2.23 bits per heavy atom. The van der Waals surface area contributed by atoms with Crippen molar-refractivity contribution >= 4 is 23.1 Å². The number of hydrogen-bond donors (Lipinski definition) is 0. The van der Waals surface area contributed by atoms with Crippen molar-refractivity contribution in [2.24, 2.45) is 0 Å². The number of hydrogen-bond acceptors (Lipinski definition) is 4. The number of para-hydroxylation sites is 1. The first-order valence-corrected chi connectivity index (χ1v) is 8.63. The molecule has 1 aliphatic rings. The van der Waals surface area contributed by atoms with Gasteiger partial charge in [0.2, 0.25) is 0 Å². The van der Waals surface area contributed by atoms with Crippen molar-refractivity contribution in [3.8, 4) is 5.75 Å². The number of carbonyl (C=O) groups is 2. The molecule has 0 atom stereocenters. The van der Waals surface area contributed by atoms with E-state index in [4.69, 9.17) is 4.74 Å². The van der Waals surface area contributed by atoms with Gasteiger partial charge >= 0.3 is 0 Å². The van der Waals surface area contributed by atoms with E-state index in [9.17, 15) is 9.59 Å². The second-order valence-electron chi connectivity index (χ2n) is 6.16. The molecular weight excluding hydrogens is 328 g/mol. The van der Waals surface area contributed by atoms with Crippen molar-refractivity contribution in [2.45, 2.75) is 13.3 Å². The summed E-state index contributed by atoms with van der Waals surface area (Å²) in [6.07, 6.45) is 0.927. The molecule has 2 aromatic rings. The molecule has 0 bridgehead atoms. The zero-order chi connectivity index (χ0) is 18.7. The Bertz CT molecular complexity index is 841. The maximum Gasteiger partial charge on any atom is 0.277 e. The lowest BCUT2D eigenvalue weighted by Gasteiger charge is -2.20. The minimum Gasteiger partial charge on any atom is -0.494 e. The van der Waals surface area contributed by atoms with Crippen molar-refractivity contribution in [1.29, 1.82) is 0 Å². The monoisotopic (exact) mass is 350 g/mol. The van der Waals surface area contributed by atoms with E-state index in [1.165, 1.54) is 7.05 Å². The van der Waals surface area contributed by atoms with Gasteiger partial charge in [-0.2, -0.15) is 0 Å². The average molecular weight is 350 g/mol. The molecule has 0 fully saturated rings. The molecule has 0 N–H and O–H groups in total. The zero-order valence-corrected chi connectivity index (χ0v) is 15.2. The first-order chi connectivity index (χ1) is 12.5. The quantitative estimate of drug-likeness (QED) is 0.750. The van der Waals surface area contributed by atoms with Crippen LogP contribution in [0.2, 0.25) is 0 Å². The number of imide groups is 1. The van der Waals surface area contributed by atoms with E-state index in [1.807, 2.05) is 61.5 Å². The molecule has 0 aromatic heterocycles. The summed E-state index contributed by atoms with van der Waals surface area (Å²) in [5.74, 6) is 0.150. The van der Waals surface area contributed by atoms with Crippen LogP contribution in [0.1, 0.15) is 18.9 Å². The lowest BCUT2D eigenvalue weighted by Crippen LogP contribution is -2.30. The highest BCUT2D eigenvalue weighted by molar-refractivity contribution is 6.36. The van der Waals surface area contributed by atoms with Crippen molar-refractivity contribution in [1.82, 2.24) is 4.90 Å². The van der Waals surface area contributed by atoms with E-state index in [0.29, 0.717) is 23.4 Å². The van der Waals surface area contributed by atoms with Gasteiger partial charge in [0.15, 0.2) is 0 Å². The van der Waals surface area contributed by atoms with E-state index < -0.39 is 0 Å². The molecule has 26 heavy (non-hydrogen) atoms. The second kappa shape index (κ2) is 7.44. The molecule has 0 aliphatic carbocycles. The maximum atomic E-state index is 12.7. The molecule has 2 amide bonds. The van der Waals surface area contributed by atoms with Crippen LogP contribution in [0.5, 0.6) is 5.75 Å². The minimum atomic E-state index is -0.303. The number of carbonyl (C=O) groups excluding carboxylic acids is 2. The molecule has 134 valence electrons. The number of rotatable bonds is 6. The van der Waals surface area contributed by atoms with Gasteiger partial charge in [-0.1, -0.05) is 37.3 Å². The Kier molecular flexibility index (Phi) is 5.07. The number of amides is 2. The summed E-state index contributed by atoms with van der Waals surface area (Å²) in [4.78, 5) is 28.3. The molecule has 5 nitrogen and oxygen atoms in total. The van der Waals surface area contributed by atoms with Crippen molar-refractivity contribution in [3.05, 3.63) is 65.9 Å². The highest BCUT2D eigenvalue weighted by Crippen LogP contribution is 2.33. The normalized spacial score (nSPS) is 14.2. The number of likely N-dealkylation sites (N-methyl/N-ethyl adjacent to an activating group) is 2. The minimum absolute atomic E-state index is 0.296. The van der Waals surface area contributed by atoms with Crippen LogP contribution in [0.15, 0.2) is 60.3 Å². The Morgan fingerprint density at radius 2 is 1.62 bits per heavy atom. The van der Waals surface area contributed by atoms with Crippen LogP contribution in [-0.2, 0) is 9.59 Å². The van der Waals surface area contributed by atoms with Gasteiger partial charge < -0.3 is 9.64 Å². The van der Waals surface area contributed by atoms with Gasteiger partial charge in [-0.25, -0.2) is 0 Å². The standard InChI is InChI=1S/C21H22N2O3/c1-4-14-26-17-12-10-15(11-13-17)18-19(21(25)23(3)20(18)24)22(2)16-8-6-5-7-9-16/h5-13H,4,14H2,1-3H3. The Labute approximate surface area is 153 Å². The molecule has 3 rings (SSSR count). The summed E-state index contributed by atoms with van der Waals surface area (Å²) in [6.45, 7) is 2.69. The van der Waals surface area contributed by atoms with Crippen molar-refractivity contribution < 1.29 is 14.3 Å². The van der Waals surface area contributed by atoms with E-state index in [1.54, 1.807) is 11.9 Å². The predicted octanol–water partition coefficient (Wildman–Crippen LogP) is 3.32. The SMILES string of the molecule is CCCOc1ccc(C2=C(N(C)c3ccccc3)C(=O)N(C)C2=O)cc1. The van der Waals surface area contributed by atoms with Gasteiger partial charge in [0.05, 0.1) is 12.2 Å². The van der Waals surface area contributed by atoms with Gasteiger partial charge in [-0.05, 0) is 36.2 Å². The van der Waals surface area contributed by atoms with Gasteiger partial charge in [-0.15, -0.1) is 0 Å². The molecule has 0 saturated heterocycles. The predicted molar refractivity (Wildman–Crippen MR) is 102 cm³/mol. The summed E-state index contributed by atoms with van der Waals surface area (Å²) >= 11 is 0. The number of ether oxygens (including phenoxy) is 1. The Hall–Kier alpha value is -3.08. The van der Waals surface area contributed by atoms with Crippen LogP contribution in [0.4, 0.5) is 5.69 Å². The molecule has 0 saturated carbocycles. The summed E-state index contributed by atoms with van der Waals surface area (Å²) in [7, 11) is 3.31. The molecule has 1 heterocycles. The molecule has 0 spiro atoms. The van der Waals surface area contributed by atoms with Gasteiger partial charge in [-0.3, -0.25) is 14.5 Å². The molecule has 0 radical (unpaired) electrons. The largest absolute Gasteiger partial charge is 0.494 e. The number of anilines is 1. The van der Waals surface area contributed by atoms with Crippen LogP contribution < -0.4 is 9.64 Å². The van der Waals surface area contributed by atoms with Gasteiger partial charge in [0.1, 0.15) is 11.4 Å². The zero-order valence-electron chi connectivity index (χ0n) is 15.2. The van der Waals surface area contributed by atoms with Crippen LogP contribution in [0.25, 0.3) is 5.57 Å². The highest BCUT2D eigenvalue weighted by Gasteiger charge is 2.38. The fourth-order valence-corrected chi connectivity index (χ4v) is 2.92. The fourth-order valence-electron chi connectivity index (χ4n) is 2.92. The highest BCUT2D eigenvalue weighted by atomic mass is 16.5. The second-order valence-corrected chi connectivity index (χ2v) is 6.16. The van der Waals surface area contributed by atoms with Gasteiger partial charge in [0.25, 0.3) is 11.8 Å². The van der Waals surface area contributed by atoms with Crippen molar-refractivity contribution in [3.63, 3.8) is 0 Å². The first kappa shape index (κ1) is 17.7. The summed E-state index contributed by atoms with van der Waals surface area (Å²) < 4.78 is 5.60. The van der Waals surface area contributed by atoms with Crippen molar-refractivity contribution in [2.75, 3.05) is 25.6 Å². The van der Waals surface area contributed by atoms with E-state index in [-0.39, 0.29) is 11.8 Å².